The van der Waals surface area contributed by atoms with E-state index in [2.05, 4.69) is 0 Å². The highest BCUT2D eigenvalue weighted by molar-refractivity contribution is 7.99. The van der Waals surface area contributed by atoms with Crippen LogP contribution >= 0.6 is 11.8 Å². The first-order valence-corrected chi connectivity index (χ1v) is 5.72. The molecule has 5 nitrogen and oxygen atoms in total. The standard InChI is InChI=1S/C10H17NO4S/c1-7(3-4-12)5-16-6-9(10(14)15)11-8(2)13/h3,9,12H,4-6H2,1-2H3,(H,11,13)(H,14,15)/b7-3-/t9-/m0/s1/i2D3. The van der Waals surface area contributed by atoms with Crippen LogP contribution in [0.25, 0.3) is 0 Å². The van der Waals surface area contributed by atoms with E-state index in [4.69, 9.17) is 14.3 Å². The zero-order valence-electron chi connectivity index (χ0n) is 11.9. The number of carbonyl (C=O) groups excluding carboxylic acids is 1. The molecular formula is C10H17NO4S. The molecule has 0 bridgehead atoms. The summed E-state index contributed by atoms with van der Waals surface area (Å²) in [7, 11) is 0. The van der Waals surface area contributed by atoms with E-state index in [0.29, 0.717) is 5.75 Å². The molecule has 0 heterocycles. The van der Waals surface area contributed by atoms with Crippen LogP contribution in [0.3, 0.4) is 0 Å². The molecule has 0 aromatic heterocycles. The van der Waals surface area contributed by atoms with Gasteiger partial charge in [0.15, 0.2) is 0 Å². The lowest BCUT2D eigenvalue weighted by molar-refractivity contribution is -0.140. The molecule has 0 aliphatic heterocycles. The molecule has 92 valence electrons. The molecule has 16 heavy (non-hydrogen) atoms. The third-order valence-electron chi connectivity index (χ3n) is 1.66. The molecule has 0 spiro atoms. The van der Waals surface area contributed by atoms with Gasteiger partial charge in [0.1, 0.15) is 6.04 Å². The number of nitrogens with one attached hydrogen (secondary N) is 1. The van der Waals surface area contributed by atoms with Crippen molar-refractivity contribution in [3.8, 4) is 0 Å². The van der Waals surface area contributed by atoms with Crippen LogP contribution in [0.4, 0.5) is 0 Å². The lowest BCUT2D eigenvalue weighted by atomic mass is 10.3. The number of hydrogen-bond acceptors (Lipinski definition) is 4. The smallest absolute Gasteiger partial charge is 0.327 e. The first-order chi connectivity index (χ1) is 8.68. The summed E-state index contributed by atoms with van der Waals surface area (Å²) in [5.74, 6) is -2.01. The molecule has 0 aromatic carbocycles. The maximum atomic E-state index is 11.2. The lowest BCUT2D eigenvalue weighted by Gasteiger charge is -2.12. The van der Waals surface area contributed by atoms with Gasteiger partial charge in [-0.1, -0.05) is 11.6 Å². The number of aliphatic carboxylic acids is 1. The molecule has 0 aromatic rings. The molecule has 0 rings (SSSR count). The van der Waals surface area contributed by atoms with Crippen molar-refractivity contribution in [2.24, 2.45) is 0 Å². The Kier molecular flexibility index (Phi) is 5.19. The molecule has 1 atom stereocenters. The molecular weight excluding hydrogens is 230 g/mol. The number of rotatable bonds is 7. The van der Waals surface area contributed by atoms with Crippen molar-refractivity contribution in [2.75, 3.05) is 18.1 Å². The fourth-order valence-electron chi connectivity index (χ4n) is 0.885. The van der Waals surface area contributed by atoms with Crippen molar-refractivity contribution in [1.29, 1.82) is 0 Å². The van der Waals surface area contributed by atoms with Crippen LogP contribution in [0.5, 0.6) is 0 Å². The molecule has 6 heteroatoms. The van der Waals surface area contributed by atoms with Crippen LogP contribution in [0.2, 0.25) is 0 Å². The van der Waals surface area contributed by atoms with E-state index in [1.165, 1.54) is 11.8 Å². The third kappa shape index (κ3) is 7.30. The van der Waals surface area contributed by atoms with Gasteiger partial charge >= 0.3 is 5.97 Å². The van der Waals surface area contributed by atoms with Gasteiger partial charge in [-0.15, -0.1) is 0 Å². The minimum Gasteiger partial charge on any atom is -0.480 e. The average molecular weight is 250 g/mol. The van der Waals surface area contributed by atoms with Crippen molar-refractivity contribution >= 4 is 23.6 Å². The van der Waals surface area contributed by atoms with Gasteiger partial charge in [-0.3, -0.25) is 4.79 Å². The summed E-state index contributed by atoms with van der Waals surface area (Å²) in [5, 5.41) is 19.5. The second-order valence-electron chi connectivity index (χ2n) is 3.11. The number of carboxylic acid groups (broad SMARTS) is 1. The highest BCUT2D eigenvalue weighted by Gasteiger charge is 2.17. The van der Waals surface area contributed by atoms with Crippen LogP contribution in [-0.2, 0) is 9.59 Å². The summed E-state index contributed by atoms with van der Waals surface area (Å²) < 4.78 is 20.6. The molecule has 0 saturated heterocycles. The van der Waals surface area contributed by atoms with Crippen molar-refractivity contribution in [2.45, 2.75) is 19.8 Å². The van der Waals surface area contributed by atoms with E-state index in [1.54, 1.807) is 13.0 Å². The van der Waals surface area contributed by atoms with Gasteiger partial charge in [-0.25, -0.2) is 4.79 Å². The predicted molar refractivity (Wildman–Crippen MR) is 63.4 cm³/mol. The fourth-order valence-corrected chi connectivity index (χ4v) is 1.90. The Labute approximate surface area is 103 Å². The van der Waals surface area contributed by atoms with Crippen LogP contribution in [0.15, 0.2) is 11.6 Å². The van der Waals surface area contributed by atoms with E-state index in [1.807, 2.05) is 5.32 Å². The number of carbonyl (C=O) groups is 2. The van der Waals surface area contributed by atoms with Crippen molar-refractivity contribution in [3.63, 3.8) is 0 Å². The van der Waals surface area contributed by atoms with Crippen molar-refractivity contribution < 1.29 is 23.9 Å². The van der Waals surface area contributed by atoms with Crippen LogP contribution in [0, 0.1) is 0 Å². The summed E-state index contributed by atoms with van der Waals surface area (Å²) in [6.45, 7) is -1.17. The molecule has 0 aliphatic rings. The van der Waals surface area contributed by atoms with E-state index in [0.717, 1.165) is 5.57 Å². The molecule has 0 aliphatic carbocycles. The number of thioether (sulfide) groups is 1. The van der Waals surface area contributed by atoms with Gasteiger partial charge in [0.05, 0.1) is 6.61 Å². The largest absolute Gasteiger partial charge is 0.480 e. The summed E-state index contributed by atoms with van der Waals surface area (Å²) in [6, 6.07) is -1.25. The second kappa shape index (κ2) is 8.18. The minimum absolute atomic E-state index is 0.0494. The van der Waals surface area contributed by atoms with Crippen LogP contribution in [0.1, 0.15) is 17.9 Å². The Hall–Kier alpha value is -1.01. The van der Waals surface area contributed by atoms with Gasteiger partial charge in [0.25, 0.3) is 0 Å². The number of amides is 1. The Morgan fingerprint density at radius 3 is 2.81 bits per heavy atom. The minimum atomic E-state index is -2.86. The zero-order chi connectivity index (χ0) is 15.1. The number of hydrogen-bond donors (Lipinski definition) is 3. The number of carboxylic acids is 1. The Bertz CT molecular complexity index is 357. The molecule has 0 saturated carbocycles. The third-order valence-corrected chi connectivity index (χ3v) is 2.89. The SMILES string of the molecule is [2H]C([2H])([2H])C(=O)N[C@@H](CSC/C(C)=C\CO)C(=O)O. The highest BCUT2D eigenvalue weighted by atomic mass is 32.2. The average Bonchev–Trinajstić information content (AvgIpc) is 2.26. The first kappa shape index (κ1) is 10.2. The summed E-state index contributed by atoms with van der Waals surface area (Å²) in [6.07, 6.45) is 1.59. The summed E-state index contributed by atoms with van der Waals surface area (Å²) in [4.78, 5) is 22.1. The summed E-state index contributed by atoms with van der Waals surface area (Å²) >= 11 is 1.23. The second-order valence-corrected chi connectivity index (χ2v) is 4.14. The Balaban J connectivity index is 4.33. The van der Waals surface area contributed by atoms with Crippen LogP contribution in [-0.4, -0.2) is 46.2 Å². The number of aliphatic hydroxyl groups excluding tert-OH is 1. The molecule has 3 N–H and O–H groups in total. The van der Waals surface area contributed by atoms with Gasteiger partial charge in [0.2, 0.25) is 5.91 Å². The van der Waals surface area contributed by atoms with Gasteiger partial charge in [-0.05, 0) is 6.92 Å². The van der Waals surface area contributed by atoms with Gasteiger partial charge in [0, 0.05) is 22.5 Å². The quantitative estimate of drug-likeness (QED) is 0.564. The van der Waals surface area contributed by atoms with Gasteiger partial charge in [-0.2, -0.15) is 11.8 Å². The lowest BCUT2D eigenvalue weighted by Crippen LogP contribution is -2.41. The van der Waals surface area contributed by atoms with E-state index in [9.17, 15) is 9.59 Å². The van der Waals surface area contributed by atoms with E-state index < -0.39 is 24.8 Å². The van der Waals surface area contributed by atoms with E-state index in [-0.39, 0.29) is 12.4 Å². The monoisotopic (exact) mass is 250 g/mol. The highest BCUT2D eigenvalue weighted by Crippen LogP contribution is 2.09. The maximum absolute atomic E-state index is 11.2. The molecule has 0 fully saturated rings. The van der Waals surface area contributed by atoms with Crippen LogP contribution < -0.4 is 5.32 Å². The fraction of sp³-hybridized carbons (Fsp3) is 0.600. The predicted octanol–water partition coefficient (Wildman–Crippen LogP) is 0.247. The maximum Gasteiger partial charge on any atom is 0.327 e. The molecule has 0 unspecified atom stereocenters. The topological polar surface area (TPSA) is 86.6 Å². The van der Waals surface area contributed by atoms with E-state index >= 15 is 0 Å². The van der Waals surface area contributed by atoms with Crippen molar-refractivity contribution in [3.05, 3.63) is 11.6 Å². The first-order valence-electron chi connectivity index (χ1n) is 6.06. The normalized spacial score (nSPS) is 16.9. The Morgan fingerprint density at radius 2 is 2.31 bits per heavy atom. The molecule has 1 amide bonds. The van der Waals surface area contributed by atoms with Gasteiger partial charge < -0.3 is 15.5 Å². The zero-order valence-corrected chi connectivity index (χ0v) is 9.71. The number of aliphatic hydroxyl groups is 1. The van der Waals surface area contributed by atoms with Crippen molar-refractivity contribution in [1.82, 2.24) is 5.32 Å². The molecule has 0 radical (unpaired) electrons. The Morgan fingerprint density at radius 1 is 1.62 bits per heavy atom. The summed E-state index contributed by atoms with van der Waals surface area (Å²) in [5.41, 5.74) is 0.874.